The van der Waals surface area contributed by atoms with Crippen molar-refractivity contribution in [2.75, 3.05) is 26.3 Å². The van der Waals surface area contributed by atoms with Crippen LogP contribution in [-0.4, -0.2) is 47.1 Å². The molecular weight excluding hydrogens is 400 g/mol. The average Bonchev–Trinajstić information content (AvgIpc) is 3.24. The number of fused-ring (bicyclic) bond motifs is 1. The summed E-state index contributed by atoms with van der Waals surface area (Å²) in [7, 11) is 0. The summed E-state index contributed by atoms with van der Waals surface area (Å²) in [6, 6.07) is 12.6. The Bertz CT molecular complexity index is 1280. The predicted octanol–water partition coefficient (Wildman–Crippen LogP) is 4.65. The molecule has 0 aliphatic carbocycles. The molecule has 5 rings (SSSR count). The number of nitrogens with one attached hydrogen (secondary N) is 1. The maximum Gasteiger partial charge on any atom is 0.254 e. The van der Waals surface area contributed by atoms with Crippen LogP contribution < -0.4 is 0 Å². The highest BCUT2D eigenvalue weighted by molar-refractivity contribution is 5.98. The van der Waals surface area contributed by atoms with E-state index < -0.39 is 11.6 Å². The highest BCUT2D eigenvalue weighted by atomic mass is 19.1. The summed E-state index contributed by atoms with van der Waals surface area (Å²) in [5.74, 6) is -1.06. The first-order chi connectivity index (χ1) is 15.1. The number of aromatic amines is 1. The minimum atomic E-state index is -0.510. The van der Waals surface area contributed by atoms with E-state index in [0.717, 1.165) is 23.3 Å². The molecule has 1 fully saturated rings. The standard InChI is InChI=1S/C24H19F2N3O2/c25-18-4-5-22(26)19(12-18)21-14-28-23-20(21)11-17(13-27-23)15-2-1-3-16(10-15)24(30)29-6-8-31-9-7-29/h1-5,10-14H,6-9H2,(H,27,28). The van der Waals surface area contributed by atoms with Crippen molar-refractivity contribution in [3.05, 3.63) is 78.1 Å². The Morgan fingerprint density at radius 1 is 1.00 bits per heavy atom. The number of carbonyl (C=O) groups is 1. The number of H-pyrrole nitrogens is 1. The molecule has 31 heavy (non-hydrogen) atoms. The maximum atomic E-state index is 14.4. The summed E-state index contributed by atoms with van der Waals surface area (Å²) in [5, 5.41) is 0.673. The van der Waals surface area contributed by atoms with Gasteiger partial charge in [0.1, 0.15) is 17.3 Å². The van der Waals surface area contributed by atoms with Gasteiger partial charge in [-0.15, -0.1) is 0 Å². The predicted molar refractivity (Wildman–Crippen MR) is 114 cm³/mol. The van der Waals surface area contributed by atoms with Gasteiger partial charge in [0, 0.05) is 53.1 Å². The number of benzene rings is 2. The number of pyridine rings is 1. The molecule has 1 amide bonds. The van der Waals surface area contributed by atoms with Gasteiger partial charge in [0.05, 0.1) is 13.2 Å². The Balaban J connectivity index is 1.54. The molecule has 1 saturated heterocycles. The molecule has 1 N–H and O–H groups in total. The van der Waals surface area contributed by atoms with Crippen LogP contribution >= 0.6 is 0 Å². The molecule has 4 aromatic rings. The van der Waals surface area contributed by atoms with Crippen molar-refractivity contribution >= 4 is 16.9 Å². The molecule has 0 radical (unpaired) electrons. The second-order valence-corrected chi connectivity index (χ2v) is 7.43. The summed E-state index contributed by atoms with van der Waals surface area (Å²) in [5.41, 5.74) is 3.46. The molecule has 0 unspecified atom stereocenters. The van der Waals surface area contributed by atoms with Crippen molar-refractivity contribution in [2.24, 2.45) is 0 Å². The van der Waals surface area contributed by atoms with Crippen LogP contribution in [0.15, 0.2) is 60.9 Å². The summed E-state index contributed by atoms with van der Waals surface area (Å²) >= 11 is 0. The van der Waals surface area contributed by atoms with Crippen LogP contribution in [-0.2, 0) is 4.74 Å². The van der Waals surface area contributed by atoms with Gasteiger partial charge in [0.2, 0.25) is 0 Å². The Kier molecular flexibility index (Phi) is 4.95. The highest BCUT2D eigenvalue weighted by Crippen LogP contribution is 2.33. The van der Waals surface area contributed by atoms with Crippen molar-refractivity contribution in [2.45, 2.75) is 0 Å². The van der Waals surface area contributed by atoms with E-state index in [-0.39, 0.29) is 11.5 Å². The Morgan fingerprint density at radius 3 is 2.68 bits per heavy atom. The lowest BCUT2D eigenvalue weighted by atomic mass is 10.0. The van der Waals surface area contributed by atoms with Gasteiger partial charge in [0.15, 0.2) is 0 Å². The SMILES string of the molecule is O=C(c1cccc(-c2cnc3[nH]cc(-c4cc(F)ccc4F)c3c2)c1)N1CCOCC1. The third-order valence-electron chi connectivity index (χ3n) is 5.49. The number of morpholine rings is 1. The van der Waals surface area contributed by atoms with Crippen molar-refractivity contribution < 1.29 is 18.3 Å². The first-order valence-electron chi connectivity index (χ1n) is 10.0. The summed E-state index contributed by atoms with van der Waals surface area (Å²) in [4.78, 5) is 22.1. The second-order valence-electron chi connectivity index (χ2n) is 7.43. The molecule has 0 bridgehead atoms. The monoisotopic (exact) mass is 419 g/mol. The molecule has 1 aliphatic rings. The number of hydrogen-bond acceptors (Lipinski definition) is 3. The maximum absolute atomic E-state index is 14.4. The van der Waals surface area contributed by atoms with Crippen molar-refractivity contribution in [3.8, 4) is 22.3 Å². The Labute approximate surface area is 177 Å². The third kappa shape index (κ3) is 3.68. The highest BCUT2D eigenvalue weighted by Gasteiger charge is 2.19. The molecule has 2 aromatic heterocycles. The van der Waals surface area contributed by atoms with Gasteiger partial charge < -0.3 is 14.6 Å². The summed E-state index contributed by atoms with van der Waals surface area (Å²) < 4.78 is 33.4. The van der Waals surface area contributed by atoms with Crippen LogP contribution in [0.25, 0.3) is 33.3 Å². The van der Waals surface area contributed by atoms with Crippen LogP contribution in [0.5, 0.6) is 0 Å². The molecule has 156 valence electrons. The van der Waals surface area contributed by atoms with Gasteiger partial charge in [-0.25, -0.2) is 13.8 Å². The minimum absolute atomic E-state index is 0.0386. The third-order valence-corrected chi connectivity index (χ3v) is 5.49. The number of ether oxygens (including phenoxy) is 1. The van der Waals surface area contributed by atoms with Crippen molar-refractivity contribution in [1.82, 2.24) is 14.9 Å². The molecule has 2 aromatic carbocycles. The van der Waals surface area contributed by atoms with Crippen LogP contribution in [0, 0.1) is 11.6 Å². The second kappa shape index (κ2) is 7.92. The molecule has 0 spiro atoms. The zero-order chi connectivity index (χ0) is 21.4. The number of rotatable bonds is 3. The zero-order valence-electron chi connectivity index (χ0n) is 16.6. The van der Waals surface area contributed by atoms with E-state index in [1.807, 2.05) is 24.3 Å². The van der Waals surface area contributed by atoms with Crippen molar-refractivity contribution in [1.29, 1.82) is 0 Å². The fourth-order valence-corrected chi connectivity index (χ4v) is 3.87. The van der Waals surface area contributed by atoms with Gasteiger partial charge in [-0.05, 0) is 42.0 Å². The van der Waals surface area contributed by atoms with E-state index in [4.69, 9.17) is 4.74 Å². The fourth-order valence-electron chi connectivity index (χ4n) is 3.87. The number of halogens is 2. The fraction of sp³-hybridized carbons (Fsp3) is 0.167. The van der Waals surface area contributed by atoms with Gasteiger partial charge in [0.25, 0.3) is 5.91 Å². The van der Waals surface area contributed by atoms with Gasteiger partial charge in [-0.3, -0.25) is 4.79 Å². The summed E-state index contributed by atoms with van der Waals surface area (Å²) in [6.45, 7) is 2.23. The first kappa shape index (κ1) is 19.4. The molecular formula is C24H19F2N3O2. The minimum Gasteiger partial charge on any atom is -0.378 e. The lowest BCUT2D eigenvalue weighted by molar-refractivity contribution is 0.0303. The number of amides is 1. The summed E-state index contributed by atoms with van der Waals surface area (Å²) in [6.07, 6.45) is 3.32. The Morgan fingerprint density at radius 2 is 1.84 bits per heavy atom. The lowest BCUT2D eigenvalue weighted by Gasteiger charge is -2.27. The van der Waals surface area contributed by atoms with E-state index in [9.17, 15) is 13.6 Å². The van der Waals surface area contributed by atoms with E-state index in [1.165, 1.54) is 6.07 Å². The number of aromatic nitrogens is 2. The zero-order valence-corrected chi connectivity index (χ0v) is 16.6. The van der Waals surface area contributed by atoms with Gasteiger partial charge >= 0.3 is 0 Å². The molecule has 1 aliphatic heterocycles. The van der Waals surface area contributed by atoms with E-state index in [1.54, 1.807) is 23.4 Å². The molecule has 3 heterocycles. The van der Waals surface area contributed by atoms with E-state index in [0.29, 0.717) is 48.5 Å². The van der Waals surface area contributed by atoms with Crippen molar-refractivity contribution in [3.63, 3.8) is 0 Å². The van der Waals surface area contributed by atoms with E-state index in [2.05, 4.69) is 9.97 Å². The number of carbonyl (C=O) groups excluding carboxylic acids is 1. The van der Waals surface area contributed by atoms with Crippen LogP contribution in [0.2, 0.25) is 0 Å². The topological polar surface area (TPSA) is 58.2 Å². The normalized spacial score (nSPS) is 14.2. The number of hydrogen-bond donors (Lipinski definition) is 1. The average molecular weight is 419 g/mol. The van der Waals surface area contributed by atoms with Gasteiger partial charge in [-0.2, -0.15) is 0 Å². The quantitative estimate of drug-likeness (QED) is 0.526. The van der Waals surface area contributed by atoms with E-state index >= 15 is 0 Å². The van der Waals surface area contributed by atoms with Crippen LogP contribution in [0.1, 0.15) is 10.4 Å². The largest absolute Gasteiger partial charge is 0.378 e. The Hall–Kier alpha value is -3.58. The van der Waals surface area contributed by atoms with Crippen LogP contribution in [0.3, 0.4) is 0 Å². The molecule has 0 atom stereocenters. The smallest absolute Gasteiger partial charge is 0.254 e. The first-order valence-corrected chi connectivity index (χ1v) is 10.0. The molecule has 7 heteroatoms. The lowest BCUT2D eigenvalue weighted by Crippen LogP contribution is -2.40. The molecule has 0 saturated carbocycles. The number of nitrogens with zero attached hydrogens (tertiary/aromatic N) is 2. The molecule has 5 nitrogen and oxygen atoms in total. The van der Waals surface area contributed by atoms with Crippen LogP contribution in [0.4, 0.5) is 8.78 Å². The van der Waals surface area contributed by atoms with Gasteiger partial charge in [-0.1, -0.05) is 12.1 Å².